The lowest BCUT2D eigenvalue weighted by Crippen LogP contribution is -2.21. The summed E-state index contributed by atoms with van der Waals surface area (Å²) >= 11 is 0. The van der Waals surface area contributed by atoms with Gasteiger partial charge in [-0.1, -0.05) is 24.3 Å². The first-order valence-electron chi connectivity index (χ1n) is 11.5. The van der Waals surface area contributed by atoms with Gasteiger partial charge in [0, 0.05) is 13.6 Å². The molecule has 2 N–H and O–H groups in total. The second-order valence-electron chi connectivity index (χ2n) is 8.05. The van der Waals surface area contributed by atoms with Crippen LogP contribution in [0.5, 0.6) is 5.75 Å². The summed E-state index contributed by atoms with van der Waals surface area (Å²) in [4.78, 5) is 25.9. The highest BCUT2D eigenvalue weighted by Crippen LogP contribution is 2.23. The largest absolute Gasteiger partial charge is 0.485 e. The maximum atomic E-state index is 13.0. The molecular weight excluding hydrogens is 460 g/mol. The molecule has 4 rings (SSSR count). The molecule has 3 heterocycles. The van der Waals surface area contributed by atoms with Gasteiger partial charge in [0.15, 0.2) is 5.76 Å². The quantitative estimate of drug-likeness (QED) is 0.321. The van der Waals surface area contributed by atoms with Gasteiger partial charge in [0.25, 0.3) is 11.8 Å². The zero-order chi connectivity index (χ0) is 25.7. The van der Waals surface area contributed by atoms with Crippen molar-refractivity contribution in [3.05, 3.63) is 89.9 Å². The molecule has 2 amide bonds. The number of furan rings is 1. The van der Waals surface area contributed by atoms with Crippen LogP contribution in [-0.2, 0) is 26.6 Å². The number of para-hydroxylation sites is 1. The highest BCUT2D eigenvalue weighted by molar-refractivity contribution is 6.11. The number of aromatic nitrogens is 4. The highest BCUT2D eigenvalue weighted by Gasteiger charge is 2.22. The molecule has 0 aliphatic heterocycles. The summed E-state index contributed by atoms with van der Waals surface area (Å²) in [6, 6.07) is 10.9. The average molecular weight is 489 g/mol. The maximum absolute atomic E-state index is 13.0. The van der Waals surface area contributed by atoms with Crippen molar-refractivity contribution < 1.29 is 18.7 Å². The summed E-state index contributed by atoms with van der Waals surface area (Å²) in [5.74, 6) is 0.392. The molecule has 36 heavy (non-hydrogen) atoms. The lowest BCUT2D eigenvalue weighted by atomic mass is 10.1. The van der Waals surface area contributed by atoms with E-state index < -0.39 is 11.8 Å². The number of nitrogens with zero attached hydrogens (tertiary/aromatic N) is 4. The molecule has 0 saturated carbocycles. The normalized spacial score (nSPS) is 10.8. The van der Waals surface area contributed by atoms with E-state index >= 15 is 0 Å². The highest BCUT2D eigenvalue weighted by atomic mass is 16.5. The first-order valence-corrected chi connectivity index (χ1v) is 11.5. The summed E-state index contributed by atoms with van der Waals surface area (Å²) in [5, 5.41) is 13.9. The Kier molecular flexibility index (Phi) is 7.33. The second-order valence-corrected chi connectivity index (χ2v) is 8.05. The fourth-order valence-electron chi connectivity index (χ4n) is 3.64. The van der Waals surface area contributed by atoms with Crippen LogP contribution in [0.3, 0.4) is 0 Å². The Balaban J connectivity index is 1.45. The molecule has 0 radical (unpaired) electrons. The van der Waals surface area contributed by atoms with E-state index in [9.17, 15) is 9.59 Å². The third kappa shape index (κ3) is 5.22. The van der Waals surface area contributed by atoms with Crippen LogP contribution in [0.25, 0.3) is 0 Å². The van der Waals surface area contributed by atoms with Crippen molar-refractivity contribution in [1.29, 1.82) is 0 Å². The number of anilines is 2. The van der Waals surface area contributed by atoms with Crippen LogP contribution in [0.4, 0.5) is 11.4 Å². The number of hydrogen-bond acceptors (Lipinski definition) is 6. The number of benzene rings is 1. The smallest absolute Gasteiger partial charge is 0.291 e. The second kappa shape index (κ2) is 10.8. The Morgan fingerprint density at radius 1 is 1.08 bits per heavy atom. The van der Waals surface area contributed by atoms with Crippen molar-refractivity contribution in [3.63, 3.8) is 0 Å². The van der Waals surface area contributed by atoms with Crippen LogP contribution in [-0.4, -0.2) is 31.4 Å². The van der Waals surface area contributed by atoms with E-state index in [4.69, 9.17) is 9.15 Å². The van der Waals surface area contributed by atoms with Crippen LogP contribution < -0.4 is 15.4 Å². The first-order chi connectivity index (χ1) is 17.4. The van der Waals surface area contributed by atoms with Crippen molar-refractivity contribution in [3.8, 4) is 5.75 Å². The van der Waals surface area contributed by atoms with Crippen molar-refractivity contribution in [1.82, 2.24) is 19.6 Å². The molecule has 4 aromatic rings. The van der Waals surface area contributed by atoms with Crippen molar-refractivity contribution >= 4 is 23.2 Å². The molecule has 0 fully saturated rings. The van der Waals surface area contributed by atoms with Crippen LogP contribution in [0, 0.1) is 6.92 Å². The number of rotatable bonds is 10. The Morgan fingerprint density at radius 2 is 1.83 bits per heavy atom. The van der Waals surface area contributed by atoms with Gasteiger partial charge in [-0.3, -0.25) is 19.0 Å². The molecule has 0 bridgehead atoms. The lowest BCUT2D eigenvalue weighted by Gasteiger charge is -2.10. The molecule has 1 aromatic carbocycles. The predicted molar refractivity (Wildman–Crippen MR) is 135 cm³/mol. The van der Waals surface area contributed by atoms with Gasteiger partial charge in [-0.25, -0.2) is 0 Å². The number of carbonyl (C=O) groups is 2. The van der Waals surface area contributed by atoms with E-state index in [1.54, 1.807) is 30.1 Å². The molecular formula is C26H28N6O4. The molecule has 10 heteroatoms. The van der Waals surface area contributed by atoms with E-state index in [2.05, 4.69) is 27.4 Å². The minimum Gasteiger partial charge on any atom is -0.485 e. The SMILES string of the molecule is C=CCc1ccccc1OCc1ccc(C(=O)Nc2cnn(CC)c2C(=O)Nc2cnn(C)c2C)o1. The van der Waals surface area contributed by atoms with Gasteiger partial charge < -0.3 is 19.8 Å². The lowest BCUT2D eigenvalue weighted by molar-refractivity contribution is 0.0992. The molecule has 10 nitrogen and oxygen atoms in total. The summed E-state index contributed by atoms with van der Waals surface area (Å²) in [5.41, 5.74) is 2.89. The summed E-state index contributed by atoms with van der Waals surface area (Å²) in [7, 11) is 1.79. The summed E-state index contributed by atoms with van der Waals surface area (Å²) in [6.45, 7) is 8.08. The molecule has 0 aliphatic carbocycles. The van der Waals surface area contributed by atoms with Gasteiger partial charge >= 0.3 is 0 Å². The van der Waals surface area contributed by atoms with E-state index in [0.717, 1.165) is 17.0 Å². The predicted octanol–water partition coefficient (Wildman–Crippen LogP) is 4.35. The number of aryl methyl sites for hydroxylation is 2. The Bertz CT molecular complexity index is 1400. The fourth-order valence-corrected chi connectivity index (χ4v) is 3.64. The van der Waals surface area contributed by atoms with Gasteiger partial charge in [-0.15, -0.1) is 6.58 Å². The topological polar surface area (TPSA) is 116 Å². The van der Waals surface area contributed by atoms with Crippen molar-refractivity contribution in [2.45, 2.75) is 33.4 Å². The number of nitrogens with one attached hydrogen (secondary N) is 2. The van der Waals surface area contributed by atoms with Crippen LogP contribution in [0.15, 0.2) is 65.9 Å². The molecule has 0 aliphatic rings. The standard InChI is InChI=1S/C26H28N6O4/c1-5-9-18-10-7-8-11-22(18)35-16-19-12-13-23(36-19)25(33)30-21-15-28-32(6-2)24(21)26(34)29-20-14-27-31(4)17(20)3/h5,7-8,10-15H,1,6,9,16H2,2-4H3,(H,29,34)(H,30,33). The molecule has 0 atom stereocenters. The number of ether oxygens (including phenoxy) is 1. The van der Waals surface area contributed by atoms with Crippen molar-refractivity contribution in [2.24, 2.45) is 7.05 Å². The minimum atomic E-state index is -0.504. The molecule has 0 unspecified atom stereocenters. The number of amides is 2. The van der Waals surface area contributed by atoms with Crippen molar-refractivity contribution in [2.75, 3.05) is 10.6 Å². The van der Waals surface area contributed by atoms with Gasteiger partial charge in [0.2, 0.25) is 0 Å². The van der Waals surface area contributed by atoms with E-state index in [1.165, 1.54) is 10.9 Å². The van der Waals surface area contributed by atoms with Gasteiger partial charge in [0.1, 0.15) is 23.8 Å². The Labute approximate surface area is 208 Å². The van der Waals surface area contributed by atoms with Gasteiger partial charge in [0.05, 0.1) is 29.5 Å². The van der Waals surface area contributed by atoms with Gasteiger partial charge in [-0.2, -0.15) is 10.2 Å². The first kappa shape index (κ1) is 24.5. The molecule has 3 aromatic heterocycles. The third-order valence-corrected chi connectivity index (χ3v) is 5.68. The van der Waals surface area contributed by atoms with E-state index in [0.29, 0.717) is 24.4 Å². The van der Waals surface area contributed by atoms with Crippen LogP contribution >= 0.6 is 0 Å². The zero-order valence-corrected chi connectivity index (χ0v) is 20.4. The van der Waals surface area contributed by atoms with Crippen LogP contribution in [0.1, 0.15) is 45.0 Å². The number of carbonyl (C=O) groups excluding carboxylic acids is 2. The monoisotopic (exact) mass is 488 g/mol. The zero-order valence-electron chi connectivity index (χ0n) is 20.4. The third-order valence-electron chi connectivity index (χ3n) is 5.68. The van der Waals surface area contributed by atoms with E-state index in [1.807, 2.05) is 44.2 Å². The van der Waals surface area contributed by atoms with E-state index in [-0.39, 0.29) is 23.7 Å². The number of hydrogen-bond donors (Lipinski definition) is 2. The maximum Gasteiger partial charge on any atom is 0.291 e. The molecule has 0 saturated heterocycles. The fraction of sp³-hybridized carbons (Fsp3) is 0.231. The van der Waals surface area contributed by atoms with Crippen LogP contribution in [0.2, 0.25) is 0 Å². The average Bonchev–Trinajstić information content (AvgIpc) is 3.59. The molecule has 0 spiro atoms. The Morgan fingerprint density at radius 3 is 2.56 bits per heavy atom. The number of allylic oxidation sites excluding steroid dienone is 1. The molecule has 186 valence electrons. The van der Waals surface area contributed by atoms with Gasteiger partial charge in [-0.05, 0) is 44.0 Å². The summed E-state index contributed by atoms with van der Waals surface area (Å²) in [6.07, 6.45) is 5.50. The Hall–Kier alpha value is -4.60. The summed E-state index contributed by atoms with van der Waals surface area (Å²) < 4.78 is 14.7. The minimum absolute atomic E-state index is 0.0895.